The van der Waals surface area contributed by atoms with Gasteiger partial charge in [0.05, 0.1) is 11.9 Å². The van der Waals surface area contributed by atoms with Crippen LogP contribution in [0.4, 0.5) is 5.69 Å². The van der Waals surface area contributed by atoms with E-state index in [2.05, 4.69) is 21.3 Å². The van der Waals surface area contributed by atoms with Crippen LogP contribution in [0.15, 0.2) is 36.5 Å². The summed E-state index contributed by atoms with van der Waals surface area (Å²) in [5.41, 5.74) is 3.47. The molecule has 1 aromatic heterocycles. The van der Waals surface area contributed by atoms with Crippen LogP contribution in [0, 0.1) is 5.92 Å². The van der Waals surface area contributed by atoms with Crippen molar-refractivity contribution in [2.24, 2.45) is 5.92 Å². The van der Waals surface area contributed by atoms with Crippen molar-refractivity contribution in [1.29, 1.82) is 0 Å². The van der Waals surface area contributed by atoms with Gasteiger partial charge in [-0.25, -0.2) is 4.98 Å². The minimum atomic E-state index is -0.0271. The molecule has 25 heavy (non-hydrogen) atoms. The third-order valence-corrected chi connectivity index (χ3v) is 6.20. The van der Waals surface area contributed by atoms with Gasteiger partial charge in [0, 0.05) is 36.0 Å². The number of hydrogen-bond donors (Lipinski definition) is 1. The lowest BCUT2D eigenvalue weighted by Crippen LogP contribution is -2.61. The van der Waals surface area contributed by atoms with Crippen LogP contribution in [0.25, 0.3) is 0 Å². The number of benzene rings is 1. The zero-order chi connectivity index (χ0) is 16.9. The number of halogens is 1. The Kier molecular flexibility index (Phi) is 3.64. The first-order chi connectivity index (χ1) is 12.2. The van der Waals surface area contributed by atoms with E-state index in [9.17, 15) is 0 Å². The number of nitrogens with zero attached hydrogens (tertiary/aromatic N) is 2. The summed E-state index contributed by atoms with van der Waals surface area (Å²) < 4.78 is 6.41. The van der Waals surface area contributed by atoms with E-state index in [-0.39, 0.29) is 5.60 Å². The summed E-state index contributed by atoms with van der Waals surface area (Å²) in [4.78, 5) is 7.14. The summed E-state index contributed by atoms with van der Waals surface area (Å²) in [5.74, 6) is 1.52. The first-order valence-corrected chi connectivity index (χ1v) is 9.47. The Morgan fingerprint density at radius 2 is 2.04 bits per heavy atom. The van der Waals surface area contributed by atoms with Gasteiger partial charge in [0.25, 0.3) is 0 Å². The maximum atomic E-state index is 6.41. The molecule has 3 fully saturated rings. The molecule has 3 saturated heterocycles. The average molecular weight is 356 g/mol. The highest BCUT2D eigenvalue weighted by atomic mass is 35.5. The van der Waals surface area contributed by atoms with Crippen molar-refractivity contribution in [2.75, 3.05) is 25.0 Å². The SMILES string of the molecule is Clc1ccc(CNc2cnc3c(c2)CC2(CN4CCC2CC4)O3)cc1. The van der Waals surface area contributed by atoms with E-state index in [1.807, 2.05) is 30.5 Å². The van der Waals surface area contributed by atoms with Crippen molar-refractivity contribution in [3.05, 3.63) is 52.7 Å². The first kappa shape index (κ1) is 15.5. The van der Waals surface area contributed by atoms with E-state index in [0.29, 0.717) is 5.92 Å². The van der Waals surface area contributed by atoms with Gasteiger partial charge in [-0.15, -0.1) is 0 Å². The quantitative estimate of drug-likeness (QED) is 0.910. The highest BCUT2D eigenvalue weighted by molar-refractivity contribution is 6.30. The number of pyridine rings is 1. The molecule has 6 rings (SSSR count). The summed E-state index contributed by atoms with van der Waals surface area (Å²) >= 11 is 5.94. The van der Waals surface area contributed by atoms with Crippen LogP contribution in [-0.2, 0) is 13.0 Å². The molecule has 2 aromatic rings. The molecule has 5 heteroatoms. The molecule has 0 aliphatic carbocycles. The fourth-order valence-electron chi connectivity index (χ4n) is 4.61. The van der Waals surface area contributed by atoms with Crippen molar-refractivity contribution in [3.8, 4) is 5.88 Å². The van der Waals surface area contributed by atoms with Crippen LogP contribution in [0.3, 0.4) is 0 Å². The maximum Gasteiger partial charge on any atom is 0.217 e. The molecule has 0 amide bonds. The minimum Gasteiger partial charge on any atom is -0.469 e. The lowest BCUT2D eigenvalue weighted by molar-refractivity contribution is -0.0814. The molecule has 0 saturated carbocycles. The molecule has 4 aliphatic heterocycles. The van der Waals surface area contributed by atoms with Gasteiger partial charge in [0.2, 0.25) is 5.88 Å². The van der Waals surface area contributed by atoms with Crippen LogP contribution < -0.4 is 10.1 Å². The van der Waals surface area contributed by atoms with Crippen molar-refractivity contribution >= 4 is 17.3 Å². The van der Waals surface area contributed by atoms with Crippen molar-refractivity contribution in [1.82, 2.24) is 9.88 Å². The summed E-state index contributed by atoms with van der Waals surface area (Å²) in [5, 5.41) is 4.23. The van der Waals surface area contributed by atoms with E-state index < -0.39 is 0 Å². The molecule has 1 spiro atoms. The maximum absolute atomic E-state index is 6.41. The molecule has 1 atom stereocenters. The molecule has 4 nitrogen and oxygen atoms in total. The van der Waals surface area contributed by atoms with Crippen LogP contribution in [0.5, 0.6) is 5.88 Å². The molecule has 2 bridgehead atoms. The Morgan fingerprint density at radius 1 is 1.24 bits per heavy atom. The fraction of sp³-hybridized carbons (Fsp3) is 0.450. The minimum absolute atomic E-state index is 0.0271. The number of rotatable bonds is 3. The second kappa shape index (κ2) is 5.89. The number of nitrogens with one attached hydrogen (secondary N) is 1. The zero-order valence-electron chi connectivity index (χ0n) is 14.2. The monoisotopic (exact) mass is 355 g/mol. The predicted molar refractivity (Wildman–Crippen MR) is 99.2 cm³/mol. The normalized spacial score (nSPS) is 29.5. The number of hydrogen-bond acceptors (Lipinski definition) is 4. The highest BCUT2D eigenvalue weighted by Crippen LogP contribution is 2.46. The second-order valence-electron chi connectivity index (χ2n) is 7.56. The number of ether oxygens (including phenoxy) is 1. The molecule has 1 aromatic carbocycles. The number of aromatic nitrogens is 1. The standard InChI is InChI=1S/C20H22ClN3O/c21-17-3-1-14(2-4-17)11-22-18-9-15-10-20(25-19(15)23-12-18)13-24-7-5-16(20)6-8-24/h1-4,9,12,16,22H,5-8,10-11,13H2. The number of piperidine rings is 3. The van der Waals surface area contributed by atoms with Crippen LogP contribution in [0.2, 0.25) is 5.02 Å². The van der Waals surface area contributed by atoms with E-state index in [1.54, 1.807) is 0 Å². The van der Waals surface area contributed by atoms with Gasteiger partial charge in [0.15, 0.2) is 0 Å². The molecule has 0 radical (unpaired) electrons. The van der Waals surface area contributed by atoms with E-state index in [1.165, 1.54) is 37.1 Å². The average Bonchev–Trinajstić information content (AvgIpc) is 2.99. The Morgan fingerprint density at radius 3 is 2.76 bits per heavy atom. The highest BCUT2D eigenvalue weighted by Gasteiger charge is 2.52. The third-order valence-electron chi connectivity index (χ3n) is 5.95. The van der Waals surface area contributed by atoms with Gasteiger partial charge in [-0.3, -0.25) is 4.90 Å². The van der Waals surface area contributed by atoms with Gasteiger partial charge >= 0.3 is 0 Å². The van der Waals surface area contributed by atoms with Crippen molar-refractivity contribution in [3.63, 3.8) is 0 Å². The third kappa shape index (κ3) is 2.77. The number of fused-ring (bicyclic) bond motifs is 3. The Bertz CT molecular complexity index is 786. The van der Waals surface area contributed by atoms with E-state index >= 15 is 0 Å². The lowest BCUT2D eigenvalue weighted by atomic mass is 9.73. The van der Waals surface area contributed by atoms with Crippen molar-refractivity contribution in [2.45, 2.75) is 31.4 Å². The van der Waals surface area contributed by atoms with E-state index in [0.717, 1.165) is 36.1 Å². The van der Waals surface area contributed by atoms with Gasteiger partial charge < -0.3 is 10.1 Å². The van der Waals surface area contributed by atoms with Crippen molar-refractivity contribution < 1.29 is 4.74 Å². The lowest BCUT2D eigenvalue weighted by Gasteiger charge is -2.50. The molecular formula is C20H22ClN3O. The Labute approximate surface area is 153 Å². The number of anilines is 1. The second-order valence-corrected chi connectivity index (χ2v) is 8.00. The molecule has 130 valence electrons. The summed E-state index contributed by atoms with van der Waals surface area (Å²) in [6, 6.07) is 10.1. The van der Waals surface area contributed by atoms with Crippen LogP contribution in [0.1, 0.15) is 24.0 Å². The van der Waals surface area contributed by atoms with Gasteiger partial charge in [-0.2, -0.15) is 0 Å². The first-order valence-electron chi connectivity index (χ1n) is 9.09. The van der Waals surface area contributed by atoms with E-state index in [4.69, 9.17) is 16.3 Å². The topological polar surface area (TPSA) is 37.4 Å². The molecule has 5 heterocycles. The van der Waals surface area contributed by atoms with Crippen LogP contribution in [-0.4, -0.2) is 35.1 Å². The molecule has 1 N–H and O–H groups in total. The summed E-state index contributed by atoms with van der Waals surface area (Å²) in [6.07, 6.45) is 5.40. The zero-order valence-corrected chi connectivity index (χ0v) is 14.9. The largest absolute Gasteiger partial charge is 0.469 e. The van der Waals surface area contributed by atoms with Gasteiger partial charge in [-0.1, -0.05) is 23.7 Å². The Balaban J connectivity index is 1.31. The Hall–Kier alpha value is -1.78. The predicted octanol–water partition coefficient (Wildman–Crippen LogP) is 3.75. The molecule has 1 unspecified atom stereocenters. The van der Waals surface area contributed by atoms with Gasteiger partial charge in [0.1, 0.15) is 5.60 Å². The summed E-state index contributed by atoms with van der Waals surface area (Å²) in [7, 11) is 0. The van der Waals surface area contributed by atoms with Crippen LogP contribution >= 0.6 is 11.6 Å². The molecule has 4 aliphatic rings. The summed E-state index contributed by atoms with van der Waals surface area (Å²) in [6.45, 7) is 4.28. The molecular weight excluding hydrogens is 334 g/mol. The van der Waals surface area contributed by atoms with Gasteiger partial charge in [-0.05, 0) is 49.7 Å². The fourth-order valence-corrected chi connectivity index (χ4v) is 4.74. The smallest absolute Gasteiger partial charge is 0.217 e.